The molecule has 6 heteroatoms. The second-order valence-electron chi connectivity index (χ2n) is 5.74. The molecule has 2 aliphatic rings. The molecule has 0 N–H and O–H groups in total. The minimum atomic E-state index is -0.158. The SMILES string of the molecule is O=C(N1CCOCC1)N1CCN(Cc2ccccc2F)CC1. The molecule has 0 saturated carbocycles. The minimum absolute atomic E-state index is 0.105. The minimum Gasteiger partial charge on any atom is -0.378 e. The molecule has 5 nitrogen and oxygen atoms in total. The zero-order chi connectivity index (χ0) is 15.4. The highest BCUT2D eigenvalue weighted by molar-refractivity contribution is 5.74. The molecule has 2 amide bonds. The van der Waals surface area contributed by atoms with Crippen LogP contribution in [0.5, 0.6) is 0 Å². The van der Waals surface area contributed by atoms with Gasteiger partial charge in [0, 0.05) is 51.4 Å². The Bertz CT molecular complexity index is 512. The molecule has 0 aliphatic carbocycles. The molecule has 22 heavy (non-hydrogen) atoms. The van der Waals surface area contributed by atoms with Crippen LogP contribution < -0.4 is 0 Å². The average molecular weight is 307 g/mol. The van der Waals surface area contributed by atoms with Crippen LogP contribution in [-0.4, -0.2) is 73.2 Å². The lowest BCUT2D eigenvalue weighted by atomic mass is 10.2. The fraction of sp³-hybridized carbons (Fsp3) is 0.562. The van der Waals surface area contributed by atoms with Crippen LogP contribution in [0, 0.1) is 5.82 Å². The largest absolute Gasteiger partial charge is 0.378 e. The number of piperazine rings is 1. The maximum absolute atomic E-state index is 13.7. The van der Waals surface area contributed by atoms with E-state index < -0.39 is 0 Å². The summed E-state index contributed by atoms with van der Waals surface area (Å²) in [5.41, 5.74) is 0.718. The van der Waals surface area contributed by atoms with Gasteiger partial charge in [-0.3, -0.25) is 4.90 Å². The van der Waals surface area contributed by atoms with Crippen molar-refractivity contribution in [2.24, 2.45) is 0 Å². The Morgan fingerprint density at radius 1 is 1.00 bits per heavy atom. The lowest BCUT2D eigenvalue weighted by Gasteiger charge is -2.38. The topological polar surface area (TPSA) is 36.0 Å². The Morgan fingerprint density at radius 3 is 2.32 bits per heavy atom. The third-order valence-electron chi connectivity index (χ3n) is 4.28. The molecule has 2 heterocycles. The van der Waals surface area contributed by atoms with E-state index in [0.717, 1.165) is 18.7 Å². The van der Waals surface area contributed by atoms with Gasteiger partial charge in [0.25, 0.3) is 0 Å². The highest BCUT2D eigenvalue weighted by Crippen LogP contribution is 2.13. The van der Waals surface area contributed by atoms with Gasteiger partial charge < -0.3 is 14.5 Å². The van der Waals surface area contributed by atoms with Gasteiger partial charge in [0.05, 0.1) is 13.2 Å². The molecule has 2 aliphatic heterocycles. The Labute approximate surface area is 130 Å². The number of hydrogen-bond donors (Lipinski definition) is 0. The first kappa shape index (κ1) is 15.2. The molecule has 0 unspecified atom stereocenters. The first-order valence-corrected chi connectivity index (χ1v) is 7.81. The van der Waals surface area contributed by atoms with Crippen LogP contribution in [0.15, 0.2) is 24.3 Å². The van der Waals surface area contributed by atoms with Crippen molar-refractivity contribution in [1.82, 2.24) is 14.7 Å². The number of amides is 2. The monoisotopic (exact) mass is 307 g/mol. The Hall–Kier alpha value is -1.66. The number of nitrogens with zero attached hydrogens (tertiary/aromatic N) is 3. The molecule has 1 aromatic rings. The number of rotatable bonds is 2. The van der Waals surface area contributed by atoms with Crippen molar-refractivity contribution in [3.05, 3.63) is 35.6 Å². The second kappa shape index (κ2) is 7.07. The third kappa shape index (κ3) is 3.56. The first-order valence-electron chi connectivity index (χ1n) is 7.81. The fourth-order valence-corrected chi connectivity index (χ4v) is 2.92. The van der Waals surface area contributed by atoms with Crippen molar-refractivity contribution in [2.45, 2.75) is 6.54 Å². The number of ether oxygens (including phenoxy) is 1. The summed E-state index contributed by atoms with van der Waals surface area (Å²) in [6.45, 7) is 6.16. The van der Waals surface area contributed by atoms with Gasteiger partial charge in [-0.1, -0.05) is 18.2 Å². The summed E-state index contributed by atoms with van der Waals surface area (Å²) >= 11 is 0. The van der Waals surface area contributed by atoms with Crippen molar-refractivity contribution in [3.8, 4) is 0 Å². The van der Waals surface area contributed by atoms with Crippen molar-refractivity contribution in [3.63, 3.8) is 0 Å². The van der Waals surface area contributed by atoms with Crippen molar-refractivity contribution < 1.29 is 13.9 Å². The Kier molecular flexibility index (Phi) is 4.90. The summed E-state index contributed by atoms with van der Waals surface area (Å²) in [6.07, 6.45) is 0. The molecule has 0 aromatic heterocycles. The van der Waals surface area contributed by atoms with E-state index in [0.29, 0.717) is 45.9 Å². The van der Waals surface area contributed by atoms with Gasteiger partial charge in [0.1, 0.15) is 5.82 Å². The molecule has 3 rings (SSSR count). The quantitative estimate of drug-likeness (QED) is 0.828. The van der Waals surface area contributed by atoms with Crippen LogP contribution >= 0.6 is 0 Å². The molecular formula is C16H22FN3O2. The summed E-state index contributed by atoms with van der Waals surface area (Å²) in [7, 11) is 0. The number of hydrogen-bond acceptors (Lipinski definition) is 3. The molecule has 120 valence electrons. The van der Waals surface area contributed by atoms with E-state index in [1.54, 1.807) is 6.07 Å². The number of carbonyl (C=O) groups is 1. The molecule has 2 fully saturated rings. The fourth-order valence-electron chi connectivity index (χ4n) is 2.92. The van der Waals surface area contributed by atoms with Gasteiger partial charge in [0.2, 0.25) is 0 Å². The van der Waals surface area contributed by atoms with Gasteiger partial charge in [-0.15, -0.1) is 0 Å². The summed E-state index contributed by atoms with van der Waals surface area (Å²) in [6, 6.07) is 6.98. The third-order valence-corrected chi connectivity index (χ3v) is 4.28. The molecule has 0 radical (unpaired) electrons. The highest BCUT2D eigenvalue weighted by atomic mass is 19.1. The summed E-state index contributed by atoms with van der Waals surface area (Å²) in [5.74, 6) is -0.158. The van der Waals surface area contributed by atoms with Crippen LogP contribution in [0.1, 0.15) is 5.56 Å². The van der Waals surface area contributed by atoms with E-state index in [2.05, 4.69) is 4.90 Å². The summed E-state index contributed by atoms with van der Waals surface area (Å²) in [4.78, 5) is 18.3. The zero-order valence-corrected chi connectivity index (χ0v) is 12.7. The van der Waals surface area contributed by atoms with E-state index in [1.807, 2.05) is 21.9 Å². The van der Waals surface area contributed by atoms with Crippen LogP contribution in [0.3, 0.4) is 0 Å². The van der Waals surface area contributed by atoms with Crippen LogP contribution in [0.4, 0.5) is 9.18 Å². The van der Waals surface area contributed by atoms with E-state index in [-0.39, 0.29) is 11.8 Å². The smallest absolute Gasteiger partial charge is 0.320 e. The maximum atomic E-state index is 13.7. The summed E-state index contributed by atoms with van der Waals surface area (Å²) < 4.78 is 19.0. The number of urea groups is 1. The highest BCUT2D eigenvalue weighted by Gasteiger charge is 2.26. The molecule has 2 saturated heterocycles. The van der Waals surface area contributed by atoms with Gasteiger partial charge >= 0.3 is 6.03 Å². The number of morpholine rings is 1. The lowest BCUT2D eigenvalue weighted by Crippen LogP contribution is -2.54. The molecule has 0 spiro atoms. The lowest BCUT2D eigenvalue weighted by molar-refractivity contribution is 0.0372. The van der Waals surface area contributed by atoms with Crippen molar-refractivity contribution in [2.75, 3.05) is 52.5 Å². The number of benzene rings is 1. The van der Waals surface area contributed by atoms with Gasteiger partial charge in [-0.05, 0) is 6.07 Å². The van der Waals surface area contributed by atoms with Crippen LogP contribution in [0.25, 0.3) is 0 Å². The predicted molar refractivity (Wildman–Crippen MR) is 81.0 cm³/mol. The number of halogens is 1. The van der Waals surface area contributed by atoms with E-state index >= 15 is 0 Å². The van der Waals surface area contributed by atoms with E-state index in [4.69, 9.17) is 4.74 Å². The van der Waals surface area contributed by atoms with Crippen molar-refractivity contribution >= 4 is 6.03 Å². The van der Waals surface area contributed by atoms with Crippen LogP contribution in [0.2, 0.25) is 0 Å². The first-order chi connectivity index (χ1) is 10.7. The normalized spacial score (nSPS) is 20.2. The molecule has 1 aromatic carbocycles. The standard InChI is InChI=1S/C16H22FN3O2/c17-15-4-2-1-3-14(15)13-18-5-7-19(8-6-18)16(21)20-9-11-22-12-10-20/h1-4H,5-13H2. The zero-order valence-electron chi connectivity index (χ0n) is 12.7. The van der Waals surface area contributed by atoms with Gasteiger partial charge in [-0.2, -0.15) is 0 Å². The van der Waals surface area contributed by atoms with E-state index in [1.165, 1.54) is 6.07 Å². The molecule has 0 bridgehead atoms. The van der Waals surface area contributed by atoms with Crippen LogP contribution in [-0.2, 0) is 11.3 Å². The second-order valence-corrected chi connectivity index (χ2v) is 5.74. The average Bonchev–Trinajstić information content (AvgIpc) is 2.58. The van der Waals surface area contributed by atoms with Gasteiger partial charge in [-0.25, -0.2) is 9.18 Å². The summed E-state index contributed by atoms with van der Waals surface area (Å²) in [5, 5.41) is 0. The maximum Gasteiger partial charge on any atom is 0.320 e. The Balaban J connectivity index is 1.50. The Morgan fingerprint density at radius 2 is 1.64 bits per heavy atom. The molecule has 0 atom stereocenters. The van der Waals surface area contributed by atoms with E-state index in [9.17, 15) is 9.18 Å². The van der Waals surface area contributed by atoms with Gasteiger partial charge in [0.15, 0.2) is 0 Å². The number of carbonyl (C=O) groups excluding carboxylic acids is 1. The predicted octanol–water partition coefficient (Wildman–Crippen LogP) is 1.40. The molecular weight excluding hydrogens is 285 g/mol. The van der Waals surface area contributed by atoms with Crippen molar-refractivity contribution in [1.29, 1.82) is 0 Å².